The van der Waals surface area contributed by atoms with Crippen molar-refractivity contribution in [1.82, 2.24) is 9.97 Å². The van der Waals surface area contributed by atoms with Gasteiger partial charge in [-0.05, 0) is 18.6 Å². The molecule has 5 heteroatoms. The van der Waals surface area contributed by atoms with Crippen LogP contribution in [-0.2, 0) is 0 Å². The SMILES string of the molecule is Cc1cc(Cl)nc2[nH]cc(C(=O)O)c12. The van der Waals surface area contributed by atoms with Gasteiger partial charge < -0.3 is 10.1 Å². The Labute approximate surface area is 84.5 Å². The highest BCUT2D eigenvalue weighted by Crippen LogP contribution is 2.23. The van der Waals surface area contributed by atoms with Gasteiger partial charge in [-0.2, -0.15) is 0 Å². The first-order valence-corrected chi connectivity index (χ1v) is 4.35. The van der Waals surface area contributed by atoms with E-state index in [1.54, 1.807) is 13.0 Å². The number of aromatic carboxylic acids is 1. The summed E-state index contributed by atoms with van der Waals surface area (Å²) in [6.07, 6.45) is 1.42. The molecule has 2 rings (SSSR count). The van der Waals surface area contributed by atoms with Gasteiger partial charge in [-0.1, -0.05) is 11.6 Å². The highest BCUT2D eigenvalue weighted by molar-refractivity contribution is 6.30. The number of aromatic nitrogens is 2. The molecular weight excluding hydrogens is 204 g/mol. The zero-order valence-electron chi connectivity index (χ0n) is 7.34. The Morgan fingerprint density at radius 3 is 3.00 bits per heavy atom. The minimum atomic E-state index is -0.969. The Bertz CT molecular complexity index is 519. The molecule has 0 unspecified atom stereocenters. The highest BCUT2D eigenvalue weighted by atomic mass is 35.5. The fourth-order valence-corrected chi connectivity index (χ4v) is 1.71. The number of pyridine rings is 1. The molecule has 0 spiro atoms. The Morgan fingerprint density at radius 2 is 2.36 bits per heavy atom. The molecule has 0 aliphatic heterocycles. The molecule has 0 aliphatic carbocycles. The molecular formula is C9H7ClN2O2. The molecule has 14 heavy (non-hydrogen) atoms. The van der Waals surface area contributed by atoms with E-state index in [0.29, 0.717) is 16.2 Å². The number of hydrogen-bond donors (Lipinski definition) is 2. The van der Waals surface area contributed by atoms with Gasteiger partial charge in [-0.3, -0.25) is 0 Å². The number of H-pyrrole nitrogens is 1. The Balaban J connectivity index is 2.85. The van der Waals surface area contributed by atoms with Crippen molar-refractivity contribution < 1.29 is 9.90 Å². The molecule has 0 saturated carbocycles. The van der Waals surface area contributed by atoms with Crippen molar-refractivity contribution >= 4 is 28.6 Å². The van der Waals surface area contributed by atoms with Gasteiger partial charge in [0.25, 0.3) is 0 Å². The van der Waals surface area contributed by atoms with Gasteiger partial charge in [0, 0.05) is 11.6 Å². The van der Waals surface area contributed by atoms with Gasteiger partial charge in [0.1, 0.15) is 10.8 Å². The lowest BCUT2D eigenvalue weighted by atomic mass is 10.1. The quantitative estimate of drug-likeness (QED) is 0.710. The van der Waals surface area contributed by atoms with Crippen LogP contribution in [0.1, 0.15) is 15.9 Å². The fraction of sp³-hybridized carbons (Fsp3) is 0.111. The second-order valence-electron chi connectivity index (χ2n) is 2.99. The average molecular weight is 211 g/mol. The molecule has 2 heterocycles. The summed E-state index contributed by atoms with van der Waals surface area (Å²) in [4.78, 5) is 17.6. The van der Waals surface area contributed by atoms with Gasteiger partial charge in [-0.25, -0.2) is 9.78 Å². The van der Waals surface area contributed by atoms with E-state index in [-0.39, 0.29) is 5.56 Å². The second kappa shape index (κ2) is 2.99. The highest BCUT2D eigenvalue weighted by Gasteiger charge is 2.13. The minimum absolute atomic E-state index is 0.224. The molecule has 2 N–H and O–H groups in total. The van der Waals surface area contributed by atoms with Crippen molar-refractivity contribution in [3.05, 3.63) is 28.5 Å². The number of halogens is 1. The maximum Gasteiger partial charge on any atom is 0.337 e. The number of nitrogens with one attached hydrogen (secondary N) is 1. The van der Waals surface area contributed by atoms with E-state index in [1.807, 2.05) is 0 Å². The molecule has 0 radical (unpaired) electrons. The summed E-state index contributed by atoms with van der Waals surface area (Å²) < 4.78 is 0. The van der Waals surface area contributed by atoms with Gasteiger partial charge in [0.05, 0.1) is 5.56 Å². The summed E-state index contributed by atoms with van der Waals surface area (Å²) in [5.74, 6) is -0.969. The molecule has 0 atom stereocenters. The third-order valence-electron chi connectivity index (χ3n) is 2.04. The van der Waals surface area contributed by atoms with Crippen molar-refractivity contribution in [3.63, 3.8) is 0 Å². The van der Waals surface area contributed by atoms with E-state index < -0.39 is 5.97 Å². The first kappa shape index (κ1) is 9.02. The number of carboxylic acid groups (broad SMARTS) is 1. The third kappa shape index (κ3) is 1.24. The van der Waals surface area contributed by atoms with Gasteiger partial charge in [-0.15, -0.1) is 0 Å². The lowest BCUT2D eigenvalue weighted by molar-refractivity contribution is 0.0699. The largest absolute Gasteiger partial charge is 0.478 e. The number of aromatic amines is 1. The lowest BCUT2D eigenvalue weighted by Crippen LogP contribution is -1.95. The summed E-state index contributed by atoms with van der Waals surface area (Å²) in [7, 11) is 0. The van der Waals surface area contributed by atoms with Gasteiger partial charge >= 0.3 is 5.97 Å². The zero-order valence-corrected chi connectivity index (χ0v) is 8.09. The molecule has 2 aromatic heterocycles. The van der Waals surface area contributed by atoms with Crippen molar-refractivity contribution in [1.29, 1.82) is 0 Å². The van der Waals surface area contributed by atoms with Crippen molar-refractivity contribution in [3.8, 4) is 0 Å². The monoisotopic (exact) mass is 210 g/mol. The summed E-state index contributed by atoms with van der Waals surface area (Å²) in [6.45, 7) is 1.80. The fourth-order valence-electron chi connectivity index (χ4n) is 1.46. The van der Waals surface area contributed by atoms with Crippen LogP contribution < -0.4 is 0 Å². The van der Waals surface area contributed by atoms with Crippen LogP contribution in [0.25, 0.3) is 11.0 Å². The van der Waals surface area contributed by atoms with E-state index in [1.165, 1.54) is 6.20 Å². The average Bonchev–Trinajstić information content (AvgIpc) is 2.47. The number of carbonyl (C=O) groups is 1. The van der Waals surface area contributed by atoms with E-state index in [2.05, 4.69) is 9.97 Å². The summed E-state index contributed by atoms with van der Waals surface area (Å²) in [6, 6.07) is 1.64. The van der Waals surface area contributed by atoms with Crippen LogP contribution in [-0.4, -0.2) is 21.0 Å². The molecule has 0 aromatic carbocycles. The molecule has 0 bridgehead atoms. The molecule has 0 fully saturated rings. The molecule has 0 saturated heterocycles. The summed E-state index contributed by atoms with van der Waals surface area (Å²) >= 11 is 5.73. The smallest absolute Gasteiger partial charge is 0.337 e. The Hall–Kier alpha value is -1.55. The van der Waals surface area contributed by atoms with E-state index in [0.717, 1.165) is 5.56 Å². The number of hydrogen-bond acceptors (Lipinski definition) is 2. The predicted octanol–water partition coefficient (Wildman–Crippen LogP) is 2.22. The van der Waals surface area contributed by atoms with Crippen molar-refractivity contribution in [2.24, 2.45) is 0 Å². The maximum atomic E-state index is 10.8. The first-order valence-electron chi connectivity index (χ1n) is 3.97. The van der Waals surface area contributed by atoms with Crippen LogP contribution in [0.3, 0.4) is 0 Å². The topological polar surface area (TPSA) is 66.0 Å². The van der Waals surface area contributed by atoms with Crippen molar-refractivity contribution in [2.45, 2.75) is 6.92 Å². The van der Waals surface area contributed by atoms with Crippen LogP contribution in [0.5, 0.6) is 0 Å². The molecule has 4 nitrogen and oxygen atoms in total. The van der Waals surface area contributed by atoms with Crippen molar-refractivity contribution in [2.75, 3.05) is 0 Å². The van der Waals surface area contributed by atoms with E-state index in [9.17, 15) is 4.79 Å². The normalized spacial score (nSPS) is 10.7. The second-order valence-corrected chi connectivity index (χ2v) is 3.38. The summed E-state index contributed by atoms with van der Waals surface area (Å²) in [5.41, 5.74) is 1.53. The first-order chi connectivity index (χ1) is 6.59. The van der Waals surface area contributed by atoms with E-state index >= 15 is 0 Å². The number of fused-ring (bicyclic) bond motifs is 1. The van der Waals surface area contributed by atoms with Crippen LogP contribution in [0.15, 0.2) is 12.3 Å². The van der Waals surface area contributed by atoms with Crippen LogP contribution >= 0.6 is 11.6 Å². The Morgan fingerprint density at radius 1 is 1.64 bits per heavy atom. The molecule has 0 aliphatic rings. The standard InChI is InChI=1S/C9H7ClN2O2/c1-4-2-6(10)12-8-7(4)5(3-11-8)9(13)14/h2-3H,1H3,(H,11,12)(H,13,14). The molecule has 0 amide bonds. The van der Waals surface area contributed by atoms with Gasteiger partial charge in [0.2, 0.25) is 0 Å². The van der Waals surface area contributed by atoms with Crippen LogP contribution in [0.2, 0.25) is 5.15 Å². The maximum absolute atomic E-state index is 10.8. The third-order valence-corrected chi connectivity index (χ3v) is 2.23. The van der Waals surface area contributed by atoms with Crippen LogP contribution in [0, 0.1) is 6.92 Å². The molecule has 2 aromatic rings. The summed E-state index contributed by atoms with van der Waals surface area (Å²) in [5, 5.41) is 9.85. The Kier molecular flexibility index (Phi) is 1.93. The number of nitrogens with zero attached hydrogens (tertiary/aromatic N) is 1. The molecule has 72 valence electrons. The predicted molar refractivity (Wildman–Crippen MR) is 52.8 cm³/mol. The lowest BCUT2D eigenvalue weighted by Gasteiger charge is -1.98. The van der Waals surface area contributed by atoms with E-state index in [4.69, 9.17) is 16.7 Å². The van der Waals surface area contributed by atoms with Crippen LogP contribution in [0.4, 0.5) is 0 Å². The van der Waals surface area contributed by atoms with Gasteiger partial charge in [0.15, 0.2) is 0 Å². The zero-order chi connectivity index (χ0) is 10.3. The number of aryl methyl sites for hydroxylation is 1. The number of carboxylic acids is 1. The number of rotatable bonds is 1. The minimum Gasteiger partial charge on any atom is -0.478 e.